The summed E-state index contributed by atoms with van der Waals surface area (Å²) < 4.78 is -1.61. The van der Waals surface area contributed by atoms with Gasteiger partial charge in [-0.25, -0.2) is 0 Å². The van der Waals surface area contributed by atoms with Crippen LogP contribution in [0.4, 0.5) is 0 Å². The number of rotatable bonds is 0. The third-order valence-corrected chi connectivity index (χ3v) is 0. The summed E-state index contributed by atoms with van der Waals surface area (Å²) in [4.78, 5) is 0. The molecule has 0 unspecified atom stereocenters. The Kier molecular flexibility index (Phi) is 7.50. The molecule has 0 aromatic carbocycles. The predicted molar refractivity (Wildman–Crippen MR) is 27.3 cm³/mol. The molecule has 0 bridgehead atoms. The van der Waals surface area contributed by atoms with E-state index in [-0.39, 0.29) is 31.0 Å². The quantitative estimate of drug-likeness (QED) is 0.351. The van der Waals surface area contributed by atoms with Crippen LogP contribution >= 0.6 is 46.4 Å². The van der Waals surface area contributed by atoms with E-state index in [4.69, 9.17) is 46.4 Å². The summed E-state index contributed by atoms with van der Waals surface area (Å²) in [5.41, 5.74) is 0. The molecule has 5 heteroatoms. The van der Waals surface area contributed by atoms with Gasteiger partial charge in [-0.15, -0.1) is 0 Å². The molecule has 0 spiro atoms. The molecular weight excluding hydrogens is 177 g/mol. The van der Waals surface area contributed by atoms with Gasteiger partial charge in [-0.3, -0.25) is 0 Å². The molecular formula is CHCl4Na+2. The van der Waals surface area contributed by atoms with E-state index >= 15 is 0 Å². The van der Waals surface area contributed by atoms with Gasteiger partial charge in [0.1, 0.15) is 0 Å². The van der Waals surface area contributed by atoms with E-state index in [2.05, 4.69) is 0 Å². The van der Waals surface area contributed by atoms with Crippen molar-refractivity contribution < 1.29 is 31.0 Å². The van der Waals surface area contributed by atoms with E-state index in [1.807, 2.05) is 0 Å². The van der Waals surface area contributed by atoms with Crippen LogP contribution in [0.5, 0.6) is 0 Å². The van der Waals surface area contributed by atoms with Crippen LogP contribution in [0, 0.1) is 0 Å². The molecule has 0 aromatic rings. The Morgan fingerprint density at radius 3 is 1.00 bits per heavy atom. The maximum Gasteiger partial charge on any atom is 1.00 e. The standard InChI is InChI=1S/CCl4.Na/c2-1(3,4)5;/q;+1/p+1. The molecule has 0 saturated heterocycles. The van der Waals surface area contributed by atoms with E-state index in [1.54, 1.807) is 0 Å². The Labute approximate surface area is 79.9 Å². The zero-order valence-electron chi connectivity index (χ0n) is 4.01. The molecule has 0 saturated carbocycles. The van der Waals surface area contributed by atoms with Crippen LogP contribution in [-0.4, -0.2) is 3.25 Å². The first-order valence-electron chi connectivity index (χ1n) is 0.756. The van der Waals surface area contributed by atoms with Gasteiger partial charge in [-0.05, 0) is 0 Å². The maximum absolute atomic E-state index is 4.83. The molecule has 0 aliphatic carbocycles. The maximum atomic E-state index is 4.83. The van der Waals surface area contributed by atoms with E-state index in [1.165, 1.54) is 0 Å². The molecule has 0 aliphatic heterocycles. The molecule has 0 aromatic heterocycles. The fourth-order valence-corrected chi connectivity index (χ4v) is 0. The monoisotopic (exact) mass is 176 g/mol. The van der Waals surface area contributed by atoms with Crippen molar-refractivity contribution in [3.8, 4) is 0 Å². The Balaban J connectivity index is -0.0000000800. The topological polar surface area (TPSA) is 0 Å². The van der Waals surface area contributed by atoms with E-state index in [0.717, 1.165) is 0 Å². The van der Waals surface area contributed by atoms with Crippen molar-refractivity contribution >= 4 is 46.4 Å². The third-order valence-electron chi connectivity index (χ3n) is 0. The summed E-state index contributed by atoms with van der Waals surface area (Å²) >= 11 is 19.3. The SMILES string of the molecule is ClC(Cl)(Cl)Cl.[H+].[Na+]. The average Bonchev–Trinajstić information content (AvgIpc) is 0.722. The van der Waals surface area contributed by atoms with Crippen LogP contribution in [0.25, 0.3) is 0 Å². The molecule has 6 heavy (non-hydrogen) atoms. The molecule has 0 radical (unpaired) electrons. The molecule has 0 heterocycles. The van der Waals surface area contributed by atoms with Gasteiger partial charge in [0.25, 0.3) is 3.25 Å². The molecule has 0 amide bonds. The summed E-state index contributed by atoms with van der Waals surface area (Å²) in [5, 5.41) is 0. The Morgan fingerprint density at radius 2 is 1.00 bits per heavy atom. The summed E-state index contributed by atoms with van der Waals surface area (Å²) in [7, 11) is 0. The molecule has 0 aliphatic rings. The van der Waals surface area contributed by atoms with Crippen molar-refractivity contribution in [3.63, 3.8) is 0 Å². The fourth-order valence-electron chi connectivity index (χ4n) is 0. The van der Waals surface area contributed by atoms with E-state index in [9.17, 15) is 0 Å². The number of alkyl halides is 4. The van der Waals surface area contributed by atoms with Gasteiger partial charge in [0.15, 0.2) is 0 Å². The minimum absolute atomic E-state index is 0. The Morgan fingerprint density at radius 1 is 1.00 bits per heavy atom. The smallest absolute Gasteiger partial charge is 0.0664 e. The van der Waals surface area contributed by atoms with Crippen molar-refractivity contribution in [2.45, 2.75) is 3.25 Å². The number of hydrogen-bond acceptors (Lipinski definition) is 0. The van der Waals surface area contributed by atoms with Gasteiger partial charge in [0.2, 0.25) is 0 Å². The van der Waals surface area contributed by atoms with Crippen molar-refractivity contribution in [1.82, 2.24) is 0 Å². The van der Waals surface area contributed by atoms with Crippen molar-refractivity contribution in [1.29, 1.82) is 0 Å². The van der Waals surface area contributed by atoms with Crippen LogP contribution in [0.3, 0.4) is 0 Å². The molecule has 0 N–H and O–H groups in total. The minimum atomic E-state index is -1.61. The normalized spacial score (nSPS) is 10.0. The Bertz CT molecular complexity index is 27.2. The van der Waals surface area contributed by atoms with Gasteiger partial charge < -0.3 is 0 Å². The van der Waals surface area contributed by atoms with E-state index < -0.39 is 3.25 Å². The fraction of sp³-hybridized carbons (Fsp3) is 1.00. The van der Waals surface area contributed by atoms with E-state index in [0.29, 0.717) is 0 Å². The van der Waals surface area contributed by atoms with Crippen molar-refractivity contribution in [3.05, 3.63) is 0 Å². The van der Waals surface area contributed by atoms with Gasteiger partial charge in [-0.2, -0.15) is 0 Å². The van der Waals surface area contributed by atoms with Crippen molar-refractivity contribution in [2.24, 2.45) is 0 Å². The van der Waals surface area contributed by atoms with Crippen LogP contribution < -0.4 is 29.6 Å². The summed E-state index contributed by atoms with van der Waals surface area (Å²) in [5.74, 6) is 0. The molecule has 0 atom stereocenters. The third kappa shape index (κ3) is 35.2. The molecule has 32 valence electrons. The summed E-state index contributed by atoms with van der Waals surface area (Å²) in [6.45, 7) is 0. The van der Waals surface area contributed by atoms with Crippen LogP contribution in [0.15, 0.2) is 0 Å². The molecule has 0 rings (SSSR count). The second-order valence-corrected chi connectivity index (χ2v) is 3.86. The first-order chi connectivity index (χ1) is 2.00. The molecule has 0 fully saturated rings. The summed E-state index contributed by atoms with van der Waals surface area (Å²) in [6, 6.07) is 0. The van der Waals surface area contributed by atoms with Crippen molar-refractivity contribution in [2.75, 3.05) is 0 Å². The van der Waals surface area contributed by atoms with Gasteiger partial charge in [-0.1, -0.05) is 46.4 Å². The van der Waals surface area contributed by atoms with Crippen LogP contribution in [-0.2, 0) is 0 Å². The second-order valence-electron chi connectivity index (χ2n) is 0.429. The largest absolute Gasteiger partial charge is 1.00 e. The summed E-state index contributed by atoms with van der Waals surface area (Å²) in [6.07, 6.45) is 0. The minimum Gasteiger partial charge on any atom is -0.0664 e. The van der Waals surface area contributed by atoms with Gasteiger partial charge in [0.05, 0.1) is 0 Å². The van der Waals surface area contributed by atoms with Gasteiger partial charge >= 0.3 is 31.0 Å². The first kappa shape index (κ1) is 11.0. The molecule has 0 nitrogen and oxygen atoms in total. The van der Waals surface area contributed by atoms with Crippen LogP contribution in [0.2, 0.25) is 0 Å². The number of halogens is 4. The zero-order valence-corrected chi connectivity index (χ0v) is 8.04. The van der Waals surface area contributed by atoms with Gasteiger partial charge in [0, 0.05) is 0 Å². The second kappa shape index (κ2) is 4.08. The van der Waals surface area contributed by atoms with Crippen LogP contribution in [0.1, 0.15) is 1.43 Å². The number of hydrogen-bond donors (Lipinski definition) is 0. The first-order valence-corrected chi connectivity index (χ1v) is 2.27. The Hall–Kier alpha value is 2.16. The average molecular weight is 178 g/mol. The predicted octanol–water partition coefficient (Wildman–Crippen LogP) is -0.331. The zero-order chi connectivity index (χ0) is 4.50.